The fourth-order valence-electron chi connectivity index (χ4n) is 4.61. The summed E-state index contributed by atoms with van der Waals surface area (Å²) < 4.78 is 13.1. The van der Waals surface area contributed by atoms with Crippen LogP contribution in [0.3, 0.4) is 0 Å². The topological polar surface area (TPSA) is 73.9 Å². The van der Waals surface area contributed by atoms with Gasteiger partial charge in [0.2, 0.25) is 0 Å². The van der Waals surface area contributed by atoms with Crippen molar-refractivity contribution in [3.05, 3.63) is 65.6 Å². The monoisotopic (exact) mass is 419 g/mol. The molecular weight excluding hydrogens is 393 g/mol. The van der Waals surface area contributed by atoms with E-state index in [9.17, 15) is 9.18 Å². The van der Waals surface area contributed by atoms with Gasteiger partial charge in [-0.2, -0.15) is 0 Å². The van der Waals surface area contributed by atoms with E-state index in [1.54, 1.807) is 24.7 Å². The van der Waals surface area contributed by atoms with Crippen molar-refractivity contribution in [3.8, 4) is 11.1 Å². The van der Waals surface area contributed by atoms with Gasteiger partial charge in [-0.05, 0) is 67.9 Å². The van der Waals surface area contributed by atoms with E-state index in [0.29, 0.717) is 5.69 Å². The lowest BCUT2D eigenvalue weighted by Crippen LogP contribution is -2.45. The number of nitrogens with zero attached hydrogens (tertiary/aromatic N) is 3. The van der Waals surface area contributed by atoms with Crippen molar-refractivity contribution in [3.63, 3.8) is 0 Å². The Labute approximate surface area is 180 Å². The second-order valence-corrected chi connectivity index (χ2v) is 8.37. The van der Waals surface area contributed by atoms with Crippen LogP contribution in [0, 0.1) is 5.82 Å². The highest BCUT2D eigenvalue weighted by atomic mass is 19.1. The second-order valence-electron chi connectivity index (χ2n) is 8.37. The van der Waals surface area contributed by atoms with Crippen LogP contribution < -0.4 is 10.2 Å². The predicted molar refractivity (Wildman–Crippen MR) is 118 cm³/mol. The Bertz CT molecular complexity index is 1070. The number of rotatable bonds is 4. The van der Waals surface area contributed by atoms with E-state index in [1.165, 1.54) is 36.2 Å². The first-order valence-electron chi connectivity index (χ1n) is 11.0. The largest absolute Gasteiger partial charge is 0.357 e. The Balaban J connectivity index is 1.20. The highest BCUT2D eigenvalue weighted by Gasteiger charge is 2.25. The fraction of sp³-hybridized carbons (Fsp3) is 0.375. The van der Waals surface area contributed by atoms with Gasteiger partial charge in [-0.1, -0.05) is 12.1 Å². The van der Waals surface area contributed by atoms with Crippen LogP contribution in [-0.2, 0) is 12.8 Å². The minimum Gasteiger partial charge on any atom is -0.357 e. The molecule has 2 aromatic heterocycles. The van der Waals surface area contributed by atoms with Gasteiger partial charge in [0.25, 0.3) is 5.91 Å². The SMILES string of the molecule is O=C(NC1CCN(c2ncnc3c2CCCC3)CC1)c1cc(-c2ccc(F)cc2)c[nH]1. The molecule has 5 rings (SSSR count). The van der Waals surface area contributed by atoms with E-state index in [4.69, 9.17) is 0 Å². The summed E-state index contributed by atoms with van der Waals surface area (Å²) >= 11 is 0. The number of carbonyl (C=O) groups excluding carboxylic acids is 1. The van der Waals surface area contributed by atoms with Crippen molar-refractivity contribution in [2.45, 2.75) is 44.6 Å². The molecule has 1 aliphatic heterocycles. The molecule has 2 N–H and O–H groups in total. The van der Waals surface area contributed by atoms with Gasteiger partial charge in [0.05, 0.1) is 0 Å². The zero-order chi connectivity index (χ0) is 21.2. The number of aryl methyl sites for hydroxylation is 1. The maximum Gasteiger partial charge on any atom is 0.267 e. The molecule has 1 aliphatic carbocycles. The normalized spacial score (nSPS) is 16.7. The number of nitrogens with one attached hydrogen (secondary N) is 2. The zero-order valence-corrected chi connectivity index (χ0v) is 17.4. The highest BCUT2D eigenvalue weighted by Crippen LogP contribution is 2.29. The molecule has 2 aliphatic rings. The van der Waals surface area contributed by atoms with Crippen LogP contribution in [0.5, 0.6) is 0 Å². The van der Waals surface area contributed by atoms with Gasteiger partial charge >= 0.3 is 0 Å². The zero-order valence-electron chi connectivity index (χ0n) is 17.4. The van der Waals surface area contributed by atoms with E-state index in [-0.39, 0.29) is 17.8 Å². The Kier molecular flexibility index (Phi) is 5.40. The van der Waals surface area contributed by atoms with Crippen molar-refractivity contribution < 1.29 is 9.18 Å². The smallest absolute Gasteiger partial charge is 0.267 e. The van der Waals surface area contributed by atoms with Gasteiger partial charge in [0, 0.05) is 36.6 Å². The average Bonchev–Trinajstić information content (AvgIpc) is 3.30. The summed E-state index contributed by atoms with van der Waals surface area (Å²) in [6.45, 7) is 1.75. The van der Waals surface area contributed by atoms with Crippen molar-refractivity contribution in [1.82, 2.24) is 20.3 Å². The van der Waals surface area contributed by atoms with Crippen LogP contribution >= 0.6 is 0 Å². The van der Waals surface area contributed by atoms with E-state index in [1.807, 2.05) is 6.07 Å². The van der Waals surface area contributed by atoms with E-state index >= 15 is 0 Å². The molecule has 160 valence electrons. The van der Waals surface area contributed by atoms with Gasteiger partial charge in [0.1, 0.15) is 23.7 Å². The number of amides is 1. The molecule has 0 unspecified atom stereocenters. The number of aromatic nitrogens is 3. The number of fused-ring (bicyclic) bond motifs is 1. The average molecular weight is 420 g/mol. The quantitative estimate of drug-likeness (QED) is 0.673. The molecular formula is C24H26FN5O. The number of anilines is 1. The Hall–Kier alpha value is -3.22. The van der Waals surface area contributed by atoms with Gasteiger partial charge in [-0.3, -0.25) is 4.79 Å². The lowest BCUT2D eigenvalue weighted by atomic mass is 9.95. The molecule has 0 radical (unpaired) electrons. The lowest BCUT2D eigenvalue weighted by molar-refractivity contribution is 0.0926. The number of hydrogen-bond donors (Lipinski definition) is 2. The van der Waals surface area contributed by atoms with Gasteiger partial charge in [-0.15, -0.1) is 0 Å². The van der Waals surface area contributed by atoms with Crippen molar-refractivity contribution in [2.24, 2.45) is 0 Å². The summed E-state index contributed by atoms with van der Waals surface area (Å²) in [7, 11) is 0. The second kappa shape index (κ2) is 8.49. The van der Waals surface area contributed by atoms with Gasteiger partial charge < -0.3 is 15.2 Å². The minimum absolute atomic E-state index is 0.105. The Morgan fingerprint density at radius 3 is 2.65 bits per heavy atom. The summed E-state index contributed by atoms with van der Waals surface area (Å²) in [6, 6.07) is 8.21. The first-order chi connectivity index (χ1) is 15.2. The summed E-state index contributed by atoms with van der Waals surface area (Å²) in [5.74, 6) is 0.708. The van der Waals surface area contributed by atoms with Crippen LogP contribution in [0.2, 0.25) is 0 Å². The molecule has 7 heteroatoms. The van der Waals surface area contributed by atoms with Gasteiger partial charge in [0.15, 0.2) is 0 Å². The Morgan fingerprint density at radius 1 is 1.06 bits per heavy atom. The molecule has 0 saturated carbocycles. The lowest BCUT2D eigenvalue weighted by Gasteiger charge is -2.34. The van der Waals surface area contributed by atoms with E-state index in [2.05, 4.69) is 25.2 Å². The molecule has 1 fully saturated rings. The number of aromatic amines is 1. The van der Waals surface area contributed by atoms with E-state index in [0.717, 1.165) is 55.7 Å². The molecule has 6 nitrogen and oxygen atoms in total. The van der Waals surface area contributed by atoms with Crippen molar-refractivity contribution in [1.29, 1.82) is 0 Å². The van der Waals surface area contributed by atoms with Crippen molar-refractivity contribution in [2.75, 3.05) is 18.0 Å². The number of H-pyrrole nitrogens is 1. The maximum absolute atomic E-state index is 13.1. The molecule has 0 atom stereocenters. The van der Waals surface area contributed by atoms with Crippen LogP contribution in [0.1, 0.15) is 47.4 Å². The number of carbonyl (C=O) groups is 1. The molecule has 3 heterocycles. The molecule has 1 saturated heterocycles. The third kappa shape index (κ3) is 4.17. The first-order valence-corrected chi connectivity index (χ1v) is 11.0. The number of benzene rings is 1. The molecule has 0 spiro atoms. The van der Waals surface area contributed by atoms with Crippen molar-refractivity contribution >= 4 is 11.7 Å². The third-order valence-electron chi connectivity index (χ3n) is 6.34. The van der Waals surface area contributed by atoms with Crippen LogP contribution in [-0.4, -0.2) is 40.0 Å². The number of halogens is 1. The third-order valence-corrected chi connectivity index (χ3v) is 6.34. The molecule has 0 bridgehead atoms. The van der Waals surface area contributed by atoms with Crippen LogP contribution in [0.4, 0.5) is 10.2 Å². The molecule has 1 amide bonds. The highest BCUT2D eigenvalue weighted by molar-refractivity contribution is 5.94. The summed E-state index contributed by atoms with van der Waals surface area (Å²) in [4.78, 5) is 27.2. The number of piperidine rings is 1. The summed E-state index contributed by atoms with van der Waals surface area (Å²) in [5, 5.41) is 3.15. The van der Waals surface area contributed by atoms with Gasteiger partial charge in [-0.25, -0.2) is 14.4 Å². The molecule has 1 aromatic carbocycles. The Morgan fingerprint density at radius 2 is 1.84 bits per heavy atom. The van der Waals surface area contributed by atoms with Crippen LogP contribution in [0.15, 0.2) is 42.9 Å². The number of hydrogen-bond acceptors (Lipinski definition) is 4. The fourth-order valence-corrected chi connectivity index (χ4v) is 4.61. The van der Waals surface area contributed by atoms with Crippen LogP contribution in [0.25, 0.3) is 11.1 Å². The standard InChI is InChI=1S/C24H26FN5O/c25-18-7-5-16(6-8-18)17-13-22(26-14-17)24(31)29-19-9-11-30(12-10-19)23-20-3-1-2-4-21(20)27-15-28-23/h5-8,13-15,19,26H,1-4,9-12H2,(H,29,31). The summed E-state index contributed by atoms with van der Waals surface area (Å²) in [6.07, 6.45) is 9.76. The predicted octanol–water partition coefficient (Wildman–Crippen LogP) is 3.89. The minimum atomic E-state index is -0.272. The van der Waals surface area contributed by atoms with E-state index < -0.39 is 0 Å². The first kappa shape index (κ1) is 19.7. The molecule has 3 aromatic rings. The summed E-state index contributed by atoms with van der Waals surface area (Å²) in [5.41, 5.74) is 4.78. The maximum atomic E-state index is 13.1. The molecule has 31 heavy (non-hydrogen) atoms.